The Morgan fingerprint density at radius 2 is 2.17 bits per heavy atom. The summed E-state index contributed by atoms with van der Waals surface area (Å²) in [4.78, 5) is 1.09. The van der Waals surface area contributed by atoms with Crippen molar-refractivity contribution in [1.82, 2.24) is 0 Å². The molecule has 94 valence electrons. The predicted octanol–water partition coefficient (Wildman–Crippen LogP) is 5.43. The van der Waals surface area contributed by atoms with Gasteiger partial charge in [0.15, 0.2) is 0 Å². The molecule has 0 N–H and O–H groups in total. The Hall–Kier alpha value is -0.220. The lowest BCUT2D eigenvalue weighted by molar-refractivity contribution is 0.354. The second-order valence-electron chi connectivity index (χ2n) is 4.09. The van der Waals surface area contributed by atoms with Crippen LogP contribution in [0.15, 0.2) is 28.1 Å². The van der Waals surface area contributed by atoms with Crippen LogP contribution >= 0.6 is 50.5 Å². The third-order valence-corrected chi connectivity index (χ3v) is 5.40. The summed E-state index contributed by atoms with van der Waals surface area (Å²) in [6.07, 6.45) is 0.903. The second-order valence-corrected chi connectivity index (χ2v) is 7.45. The average Bonchev–Trinajstić information content (AvgIpc) is 2.95. The van der Waals surface area contributed by atoms with Gasteiger partial charge >= 0.3 is 0 Å². The number of benzene rings is 1. The van der Waals surface area contributed by atoms with E-state index in [1.54, 1.807) is 11.3 Å². The minimum Gasteiger partial charge on any atom is -0.493 e. The number of hydrogen-bond donors (Lipinski definition) is 0. The summed E-state index contributed by atoms with van der Waals surface area (Å²) < 4.78 is 6.76. The molecule has 0 saturated carbocycles. The first kappa shape index (κ1) is 12.8. The molecule has 0 spiro atoms. The molecule has 2 heterocycles. The topological polar surface area (TPSA) is 9.23 Å². The Labute approximate surface area is 128 Å². The van der Waals surface area contributed by atoms with Gasteiger partial charge in [0.05, 0.1) is 15.8 Å². The van der Waals surface area contributed by atoms with E-state index in [4.69, 9.17) is 27.9 Å². The molecule has 0 aliphatic carbocycles. The Morgan fingerprint density at radius 1 is 1.33 bits per heavy atom. The summed E-state index contributed by atoms with van der Waals surface area (Å²) in [6, 6.07) is 7.88. The van der Waals surface area contributed by atoms with E-state index in [0.29, 0.717) is 6.61 Å². The minimum atomic E-state index is -0.216. The fourth-order valence-electron chi connectivity index (χ4n) is 2.10. The molecule has 0 fully saturated rings. The van der Waals surface area contributed by atoms with E-state index < -0.39 is 0 Å². The zero-order chi connectivity index (χ0) is 12.7. The number of alkyl halides is 1. The molecule has 1 aromatic carbocycles. The molecule has 0 bridgehead atoms. The molecule has 5 heteroatoms. The maximum atomic E-state index is 6.55. The fourth-order valence-corrected chi connectivity index (χ4v) is 4.14. The largest absolute Gasteiger partial charge is 0.493 e. The lowest BCUT2D eigenvalue weighted by atomic mass is 10.0. The van der Waals surface area contributed by atoms with Gasteiger partial charge in [0.25, 0.3) is 0 Å². The van der Waals surface area contributed by atoms with E-state index in [9.17, 15) is 0 Å². The maximum absolute atomic E-state index is 6.55. The van der Waals surface area contributed by atoms with Gasteiger partial charge in [0.2, 0.25) is 0 Å². The molecule has 18 heavy (non-hydrogen) atoms. The van der Waals surface area contributed by atoms with Crippen molar-refractivity contribution in [2.24, 2.45) is 0 Å². The van der Waals surface area contributed by atoms with Crippen LogP contribution in [0.5, 0.6) is 5.75 Å². The standard InChI is InChI=1S/C13H9BrCl2OS/c14-11-2-1-10(18-11)12(16)9-6-8(15)5-7-3-4-17-13(7)9/h1-2,5-6,12H,3-4H2. The van der Waals surface area contributed by atoms with Crippen LogP contribution in [-0.2, 0) is 6.42 Å². The molecule has 1 aromatic heterocycles. The molecule has 0 saturated heterocycles. The molecule has 2 aromatic rings. The van der Waals surface area contributed by atoms with Crippen molar-refractivity contribution in [3.63, 3.8) is 0 Å². The third-order valence-electron chi connectivity index (χ3n) is 2.89. The van der Waals surface area contributed by atoms with E-state index in [-0.39, 0.29) is 5.38 Å². The summed E-state index contributed by atoms with van der Waals surface area (Å²) in [7, 11) is 0. The van der Waals surface area contributed by atoms with Gasteiger partial charge in [-0.05, 0) is 45.8 Å². The zero-order valence-corrected chi connectivity index (χ0v) is 13.2. The van der Waals surface area contributed by atoms with Crippen molar-refractivity contribution in [3.05, 3.63) is 49.1 Å². The molecular weight excluding hydrogens is 355 g/mol. The summed E-state index contributed by atoms with van der Waals surface area (Å²) in [5.74, 6) is 0.906. The summed E-state index contributed by atoms with van der Waals surface area (Å²) >= 11 is 17.8. The number of ether oxygens (including phenoxy) is 1. The second kappa shape index (κ2) is 5.04. The van der Waals surface area contributed by atoms with Gasteiger partial charge in [-0.1, -0.05) is 11.6 Å². The summed E-state index contributed by atoms with van der Waals surface area (Å²) in [6.45, 7) is 0.709. The first-order valence-corrected chi connectivity index (χ1v) is 7.92. The van der Waals surface area contributed by atoms with Gasteiger partial charge in [0.1, 0.15) is 5.75 Å². The van der Waals surface area contributed by atoms with Crippen LogP contribution in [0.2, 0.25) is 5.02 Å². The normalized spacial score (nSPS) is 15.3. The quantitative estimate of drug-likeness (QED) is 0.646. The van der Waals surface area contributed by atoms with Crippen molar-refractivity contribution in [2.75, 3.05) is 6.61 Å². The van der Waals surface area contributed by atoms with Crippen LogP contribution in [0, 0.1) is 0 Å². The molecule has 1 nitrogen and oxygen atoms in total. The lowest BCUT2D eigenvalue weighted by Gasteiger charge is -2.13. The van der Waals surface area contributed by atoms with Crippen LogP contribution in [0.3, 0.4) is 0 Å². The van der Waals surface area contributed by atoms with E-state index in [0.717, 1.165) is 37.0 Å². The van der Waals surface area contributed by atoms with E-state index in [1.807, 2.05) is 24.3 Å². The van der Waals surface area contributed by atoms with Gasteiger partial charge < -0.3 is 4.74 Å². The van der Waals surface area contributed by atoms with Crippen molar-refractivity contribution < 1.29 is 4.74 Å². The van der Waals surface area contributed by atoms with E-state index in [2.05, 4.69) is 15.9 Å². The Morgan fingerprint density at radius 3 is 2.89 bits per heavy atom. The van der Waals surface area contributed by atoms with Crippen molar-refractivity contribution in [1.29, 1.82) is 0 Å². The molecule has 1 atom stereocenters. The Kier molecular flexibility index (Phi) is 3.59. The number of fused-ring (bicyclic) bond motifs is 1. The summed E-state index contributed by atoms with van der Waals surface area (Å²) in [5, 5.41) is 0.502. The molecule has 0 radical (unpaired) electrons. The van der Waals surface area contributed by atoms with E-state index >= 15 is 0 Å². The highest BCUT2D eigenvalue weighted by Gasteiger charge is 2.24. The predicted molar refractivity (Wildman–Crippen MR) is 80.4 cm³/mol. The highest BCUT2D eigenvalue weighted by molar-refractivity contribution is 9.11. The van der Waals surface area contributed by atoms with Gasteiger partial charge in [0, 0.05) is 21.9 Å². The number of rotatable bonds is 2. The highest BCUT2D eigenvalue weighted by Crippen LogP contribution is 2.43. The molecule has 1 aliphatic heterocycles. The maximum Gasteiger partial charge on any atom is 0.127 e. The molecule has 3 rings (SSSR count). The van der Waals surface area contributed by atoms with Crippen molar-refractivity contribution >= 4 is 50.5 Å². The zero-order valence-electron chi connectivity index (χ0n) is 9.25. The Bertz CT molecular complexity index is 597. The van der Waals surface area contributed by atoms with E-state index in [1.165, 1.54) is 0 Å². The first-order chi connectivity index (χ1) is 8.65. The van der Waals surface area contributed by atoms with Gasteiger partial charge in [-0.15, -0.1) is 22.9 Å². The van der Waals surface area contributed by atoms with Crippen molar-refractivity contribution in [2.45, 2.75) is 11.8 Å². The van der Waals surface area contributed by atoms with Crippen LogP contribution in [0.4, 0.5) is 0 Å². The van der Waals surface area contributed by atoms with Gasteiger partial charge in [-0.25, -0.2) is 0 Å². The molecule has 1 unspecified atom stereocenters. The number of halogens is 3. The first-order valence-electron chi connectivity index (χ1n) is 5.49. The third kappa shape index (κ3) is 2.29. The highest BCUT2D eigenvalue weighted by atomic mass is 79.9. The van der Waals surface area contributed by atoms with Crippen LogP contribution < -0.4 is 4.74 Å². The van der Waals surface area contributed by atoms with Crippen LogP contribution in [0.1, 0.15) is 21.4 Å². The molecular formula is C13H9BrCl2OS. The van der Waals surface area contributed by atoms with Crippen molar-refractivity contribution in [3.8, 4) is 5.75 Å². The van der Waals surface area contributed by atoms with Crippen LogP contribution in [-0.4, -0.2) is 6.61 Å². The Balaban J connectivity index is 2.06. The van der Waals surface area contributed by atoms with Crippen LogP contribution in [0.25, 0.3) is 0 Å². The monoisotopic (exact) mass is 362 g/mol. The minimum absolute atomic E-state index is 0.216. The number of thiophene rings is 1. The fraction of sp³-hybridized carbons (Fsp3) is 0.231. The van der Waals surface area contributed by atoms with Gasteiger partial charge in [-0.2, -0.15) is 0 Å². The number of hydrogen-bond acceptors (Lipinski definition) is 2. The van der Waals surface area contributed by atoms with Gasteiger partial charge in [-0.3, -0.25) is 0 Å². The summed E-state index contributed by atoms with van der Waals surface area (Å²) in [5.41, 5.74) is 2.12. The SMILES string of the molecule is Clc1cc2c(c(C(Cl)c3ccc(Br)s3)c1)OCC2. The molecule has 0 amide bonds. The average molecular weight is 364 g/mol. The molecule has 1 aliphatic rings. The lowest BCUT2D eigenvalue weighted by Crippen LogP contribution is -1.95. The smallest absolute Gasteiger partial charge is 0.127 e.